The van der Waals surface area contributed by atoms with Gasteiger partial charge >= 0.3 is 0 Å². The zero-order valence-corrected chi connectivity index (χ0v) is 21.0. The summed E-state index contributed by atoms with van der Waals surface area (Å²) in [5.74, 6) is -1.68. The van der Waals surface area contributed by atoms with Crippen LogP contribution in [0.15, 0.2) is 48.5 Å². The molecule has 3 aromatic carbocycles. The van der Waals surface area contributed by atoms with Crippen molar-refractivity contribution < 1.29 is 14.8 Å². The summed E-state index contributed by atoms with van der Waals surface area (Å²) < 4.78 is 0. The highest BCUT2D eigenvalue weighted by atomic mass is 35.5. The number of nitro groups is 1. The molecule has 0 bridgehead atoms. The lowest BCUT2D eigenvalue weighted by Crippen LogP contribution is -2.19. The fourth-order valence-electron chi connectivity index (χ4n) is 3.80. The van der Waals surface area contributed by atoms with E-state index in [1.807, 2.05) is 0 Å². The number of anilines is 1. The van der Waals surface area contributed by atoms with Crippen molar-refractivity contribution in [2.24, 2.45) is 0 Å². The van der Waals surface area contributed by atoms with Crippen molar-refractivity contribution in [3.63, 3.8) is 0 Å². The molecule has 9 heteroatoms. The number of amides is 1. The Morgan fingerprint density at radius 2 is 1.77 bits per heavy atom. The molecule has 0 aliphatic rings. The van der Waals surface area contributed by atoms with E-state index < -0.39 is 22.2 Å². The Hall–Kier alpha value is -3.60. The smallest absolute Gasteiger partial charge is 0.273 e. The number of halogens is 2. The molecule has 0 heterocycles. The van der Waals surface area contributed by atoms with Gasteiger partial charge in [-0.2, -0.15) is 5.26 Å². The molecular formula is C26H23Cl2N3O4. The Morgan fingerprint density at radius 3 is 2.29 bits per heavy atom. The fraction of sp³-hybridized carbons (Fsp3) is 0.231. The summed E-state index contributed by atoms with van der Waals surface area (Å²) in [5.41, 5.74) is 0.810. The van der Waals surface area contributed by atoms with Crippen LogP contribution in [0.5, 0.6) is 5.75 Å². The number of rotatable bonds is 5. The van der Waals surface area contributed by atoms with Gasteiger partial charge in [0.2, 0.25) is 0 Å². The van der Waals surface area contributed by atoms with Crippen LogP contribution in [-0.4, -0.2) is 15.9 Å². The van der Waals surface area contributed by atoms with E-state index in [0.29, 0.717) is 21.8 Å². The maximum absolute atomic E-state index is 13.1. The number of nitrogens with one attached hydrogen (secondary N) is 1. The van der Waals surface area contributed by atoms with Gasteiger partial charge in [-0.15, -0.1) is 0 Å². The lowest BCUT2D eigenvalue weighted by atomic mass is 9.83. The van der Waals surface area contributed by atoms with Gasteiger partial charge in [0.1, 0.15) is 5.75 Å². The Kier molecular flexibility index (Phi) is 7.39. The maximum atomic E-state index is 13.1. The Balaban J connectivity index is 1.99. The molecule has 0 aliphatic carbocycles. The zero-order chi connectivity index (χ0) is 26.1. The third-order valence-electron chi connectivity index (χ3n) is 5.67. The molecule has 1 atom stereocenters. The summed E-state index contributed by atoms with van der Waals surface area (Å²) in [7, 11) is 0. The predicted octanol–water partition coefficient (Wildman–Crippen LogP) is 7.12. The van der Waals surface area contributed by atoms with E-state index in [4.69, 9.17) is 23.2 Å². The number of nitro benzene ring substituents is 1. The largest absolute Gasteiger partial charge is 0.507 e. The molecule has 3 aromatic rings. The van der Waals surface area contributed by atoms with Crippen molar-refractivity contribution in [3.8, 4) is 11.8 Å². The van der Waals surface area contributed by atoms with Crippen LogP contribution in [0.4, 0.5) is 11.4 Å². The number of aromatic hydroxyl groups is 1. The summed E-state index contributed by atoms with van der Waals surface area (Å²) in [5, 5.41) is 35.6. The van der Waals surface area contributed by atoms with Crippen LogP contribution in [-0.2, 0) is 5.41 Å². The van der Waals surface area contributed by atoms with E-state index in [9.17, 15) is 25.3 Å². The molecule has 180 valence electrons. The predicted molar refractivity (Wildman–Crippen MR) is 137 cm³/mol. The number of hydrogen-bond acceptors (Lipinski definition) is 5. The maximum Gasteiger partial charge on any atom is 0.273 e. The summed E-state index contributed by atoms with van der Waals surface area (Å²) in [6, 6.07) is 15.1. The molecule has 35 heavy (non-hydrogen) atoms. The third-order valence-corrected chi connectivity index (χ3v) is 6.25. The Labute approximate surface area is 213 Å². The number of benzene rings is 3. The highest BCUT2D eigenvalue weighted by Gasteiger charge is 2.30. The minimum absolute atomic E-state index is 0.0491. The number of nitriles is 1. The van der Waals surface area contributed by atoms with E-state index >= 15 is 0 Å². The topological polar surface area (TPSA) is 116 Å². The van der Waals surface area contributed by atoms with E-state index in [-0.39, 0.29) is 33.1 Å². The summed E-state index contributed by atoms with van der Waals surface area (Å²) >= 11 is 12.4. The van der Waals surface area contributed by atoms with Crippen molar-refractivity contribution in [3.05, 3.63) is 96.5 Å². The van der Waals surface area contributed by atoms with Gasteiger partial charge in [0.05, 0.1) is 22.5 Å². The molecule has 3 rings (SSSR count). The normalized spacial score (nSPS) is 12.0. The second kappa shape index (κ2) is 9.95. The molecule has 7 nitrogen and oxygen atoms in total. The first-order chi connectivity index (χ1) is 16.3. The van der Waals surface area contributed by atoms with Gasteiger partial charge < -0.3 is 10.4 Å². The van der Waals surface area contributed by atoms with Gasteiger partial charge in [-0.05, 0) is 47.7 Å². The molecular weight excluding hydrogens is 489 g/mol. The lowest BCUT2D eigenvalue weighted by molar-refractivity contribution is -0.385. The highest BCUT2D eigenvalue weighted by molar-refractivity contribution is 6.32. The number of carbonyl (C=O) groups excluding carboxylic acids is 1. The molecule has 1 unspecified atom stereocenters. The van der Waals surface area contributed by atoms with Crippen molar-refractivity contribution in [2.75, 3.05) is 5.32 Å². The van der Waals surface area contributed by atoms with Gasteiger partial charge in [-0.25, -0.2) is 0 Å². The minimum atomic E-state index is -0.715. The van der Waals surface area contributed by atoms with Gasteiger partial charge in [0.25, 0.3) is 11.6 Å². The van der Waals surface area contributed by atoms with Crippen LogP contribution in [0.1, 0.15) is 59.3 Å². The van der Waals surface area contributed by atoms with Crippen LogP contribution >= 0.6 is 23.2 Å². The molecule has 0 radical (unpaired) electrons. The monoisotopic (exact) mass is 511 g/mol. The lowest BCUT2D eigenvalue weighted by Gasteiger charge is -2.23. The fourth-order valence-corrected chi connectivity index (χ4v) is 4.22. The highest BCUT2D eigenvalue weighted by Crippen LogP contribution is 2.40. The minimum Gasteiger partial charge on any atom is -0.507 e. The first kappa shape index (κ1) is 26.0. The average molecular weight is 512 g/mol. The van der Waals surface area contributed by atoms with Crippen LogP contribution in [0.2, 0.25) is 10.0 Å². The van der Waals surface area contributed by atoms with Crippen LogP contribution in [0.25, 0.3) is 0 Å². The molecule has 1 amide bonds. The quantitative estimate of drug-likeness (QED) is 0.279. The molecule has 0 spiro atoms. The third kappa shape index (κ3) is 5.40. The van der Waals surface area contributed by atoms with E-state index in [0.717, 1.165) is 0 Å². The standard InChI is InChI=1S/C26H23Cl2N3O4/c1-14-22(31(34)35)12-20(26(2,3)4)24(32)23(14)25(33)30-17-9-10-18(21(28)11-17)19(13-29)15-5-7-16(27)8-6-15/h5-12,19,32H,1-4H3,(H,30,33). The number of phenols is 1. The van der Waals surface area contributed by atoms with Crippen molar-refractivity contribution in [1.29, 1.82) is 5.26 Å². The van der Waals surface area contributed by atoms with Gasteiger partial charge in [-0.3, -0.25) is 14.9 Å². The summed E-state index contributed by atoms with van der Waals surface area (Å²) in [6.45, 7) is 6.77. The first-order valence-corrected chi connectivity index (χ1v) is 11.4. The van der Waals surface area contributed by atoms with E-state index in [1.165, 1.54) is 19.1 Å². The number of nitrogens with zero attached hydrogens (tertiary/aromatic N) is 2. The van der Waals surface area contributed by atoms with Gasteiger partial charge in [0.15, 0.2) is 0 Å². The average Bonchev–Trinajstić information content (AvgIpc) is 2.75. The molecule has 2 N–H and O–H groups in total. The van der Waals surface area contributed by atoms with Crippen molar-refractivity contribution >= 4 is 40.5 Å². The molecule has 0 saturated carbocycles. The number of hydrogen-bond donors (Lipinski definition) is 2. The molecule has 0 aliphatic heterocycles. The number of carbonyl (C=O) groups is 1. The SMILES string of the molecule is Cc1c([N+](=O)[O-])cc(C(C)(C)C)c(O)c1C(=O)Nc1ccc(C(C#N)c2ccc(Cl)cc2)c(Cl)c1. The summed E-state index contributed by atoms with van der Waals surface area (Å²) in [4.78, 5) is 24.2. The van der Waals surface area contributed by atoms with E-state index in [1.54, 1.807) is 57.2 Å². The Bertz CT molecular complexity index is 1360. The summed E-state index contributed by atoms with van der Waals surface area (Å²) in [6.07, 6.45) is 0. The second-order valence-corrected chi connectivity index (χ2v) is 9.95. The van der Waals surface area contributed by atoms with Gasteiger partial charge in [-0.1, -0.05) is 62.2 Å². The van der Waals surface area contributed by atoms with E-state index in [2.05, 4.69) is 11.4 Å². The van der Waals surface area contributed by atoms with Crippen molar-refractivity contribution in [1.82, 2.24) is 0 Å². The first-order valence-electron chi connectivity index (χ1n) is 10.6. The molecule has 0 aromatic heterocycles. The van der Waals surface area contributed by atoms with Crippen LogP contribution in [0, 0.1) is 28.4 Å². The van der Waals surface area contributed by atoms with Crippen molar-refractivity contribution in [2.45, 2.75) is 39.0 Å². The van der Waals surface area contributed by atoms with Crippen LogP contribution < -0.4 is 5.32 Å². The number of phenolic OH excluding ortho intramolecular Hbond substituents is 1. The van der Waals surface area contributed by atoms with Gasteiger partial charge in [0, 0.05) is 32.9 Å². The second-order valence-electron chi connectivity index (χ2n) is 9.10. The molecule has 0 saturated heterocycles. The van der Waals surface area contributed by atoms with Crippen LogP contribution in [0.3, 0.4) is 0 Å². The Morgan fingerprint density at radius 1 is 1.14 bits per heavy atom. The zero-order valence-electron chi connectivity index (χ0n) is 19.5. The molecule has 0 fully saturated rings.